The third kappa shape index (κ3) is 6.13. The summed E-state index contributed by atoms with van der Waals surface area (Å²) in [7, 11) is 0. The normalized spacial score (nSPS) is 16.7. The first-order valence-corrected chi connectivity index (χ1v) is 5.31. The minimum Gasteiger partial charge on any atom is -0.481 e. The second kappa shape index (κ2) is 6.17. The summed E-state index contributed by atoms with van der Waals surface area (Å²) in [5.74, 6) is -0.911. The van der Waals surface area contributed by atoms with E-state index in [2.05, 4.69) is 12.6 Å². The van der Waals surface area contributed by atoms with E-state index in [0.29, 0.717) is 0 Å². The van der Waals surface area contributed by atoms with E-state index in [4.69, 9.17) is 14.6 Å². The molecule has 0 rings (SSSR count). The van der Waals surface area contributed by atoms with Crippen LogP contribution in [-0.2, 0) is 8.98 Å². The number of rotatable bonds is 6. The molecule has 0 bridgehead atoms. The molecule has 0 spiro atoms. The Morgan fingerprint density at radius 3 is 2.79 bits per heavy atom. The summed E-state index contributed by atoms with van der Waals surface area (Å²) in [5, 5.41) is 17.3. The maximum absolute atomic E-state index is 10.3. The summed E-state index contributed by atoms with van der Waals surface area (Å²) in [5.41, 5.74) is -0.280. The van der Waals surface area contributed by atoms with Crippen LogP contribution in [0.4, 0.5) is 0 Å². The van der Waals surface area contributed by atoms with Crippen LogP contribution in [0.2, 0.25) is 0 Å². The van der Waals surface area contributed by atoms with Gasteiger partial charge in [0.1, 0.15) is 10.2 Å². The number of aliphatic carboxylic acids is 1. The van der Waals surface area contributed by atoms with Crippen molar-refractivity contribution in [3.8, 4) is 6.07 Å². The quantitative estimate of drug-likeness (QED) is 0.419. The predicted octanol–water partition coefficient (Wildman–Crippen LogP) is 2.07. The van der Waals surface area contributed by atoms with E-state index >= 15 is 0 Å². The number of carboxylic acid groups (broad SMARTS) is 1. The van der Waals surface area contributed by atoms with Gasteiger partial charge in [-0.15, -0.1) is 12.6 Å². The lowest BCUT2D eigenvalue weighted by atomic mass is 10.1. The first-order valence-electron chi connectivity index (χ1n) is 4.05. The molecule has 14 heavy (non-hydrogen) atoms. The maximum Gasteiger partial charge on any atom is 0.303 e. The Labute approximate surface area is 93.2 Å². The highest BCUT2D eigenvalue weighted by atomic mass is 32.2. The maximum atomic E-state index is 10.3. The van der Waals surface area contributed by atoms with E-state index in [9.17, 15) is 4.79 Å². The molecule has 0 aromatic heterocycles. The van der Waals surface area contributed by atoms with Gasteiger partial charge in [-0.3, -0.25) is 4.79 Å². The molecule has 6 heteroatoms. The molecular weight excluding hydrogens is 222 g/mol. The molecule has 0 fully saturated rings. The van der Waals surface area contributed by atoms with Crippen molar-refractivity contribution < 1.29 is 14.1 Å². The molecule has 80 valence electrons. The monoisotopic (exact) mass is 235 g/mol. The van der Waals surface area contributed by atoms with Gasteiger partial charge in [0, 0.05) is 18.5 Å². The van der Waals surface area contributed by atoms with Crippen LogP contribution in [0.25, 0.3) is 0 Å². The molecule has 2 atom stereocenters. The lowest BCUT2D eigenvalue weighted by Gasteiger charge is -2.19. The van der Waals surface area contributed by atoms with Gasteiger partial charge in [-0.25, -0.2) is 0 Å². The molecule has 0 aliphatic carbocycles. The first-order chi connectivity index (χ1) is 6.39. The van der Waals surface area contributed by atoms with Crippen molar-refractivity contribution in [2.45, 2.75) is 36.9 Å². The molecule has 0 aliphatic rings. The van der Waals surface area contributed by atoms with Crippen molar-refractivity contribution in [1.29, 1.82) is 5.26 Å². The van der Waals surface area contributed by atoms with Gasteiger partial charge in [0.15, 0.2) is 0 Å². The number of nitriles is 1. The lowest BCUT2D eigenvalue weighted by molar-refractivity contribution is -0.137. The minimum absolute atomic E-state index is 0.0403. The van der Waals surface area contributed by atoms with Crippen LogP contribution in [0.15, 0.2) is 0 Å². The summed E-state index contributed by atoms with van der Waals surface area (Å²) >= 11 is 4.96. The van der Waals surface area contributed by atoms with E-state index in [1.54, 1.807) is 13.8 Å². The van der Waals surface area contributed by atoms with Crippen LogP contribution in [0.1, 0.15) is 26.7 Å². The highest BCUT2D eigenvalue weighted by Crippen LogP contribution is 2.31. The molecule has 0 aromatic carbocycles. The average Bonchev–Trinajstić information content (AvgIpc) is 2.11. The molecule has 1 N–H and O–H groups in total. The van der Waals surface area contributed by atoms with Crippen LogP contribution in [0.5, 0.6) is 0 Å². The smallest absolute Gasteiger partial charge is 0.303 e. The van der Waals surface area contributed by atoms with Gasteiger partial charge in [0.2, 0.25) is 0 Å². The second-order valence-corrected chi connectivity index (χ2v) is 5.00. The van der Waals surface area contributed by atoms with E-state index in [1.165, 1.54) is 0 Å². The largest absolute Gasteiger partial charge is 0.481 e. The van der Waals surface area contributed by atoms with Gasteiger partial charge in [-0.05, 0) is 20.3 Å². The molecule has 0 aliphatic heterocycles. The molecule has 2 unspecified atom stereocenters. The summed E-state index contributed by atoms with van der Waals surface area (Å²) in [4.78, 5) is 10.3. The van der Waals surface area contributed by atoms with Crippen molar-refractivity contribution in [1.82, 2.24) is 0 Å². The van der Waals surface area contributed by atoms with Crippen LogP contribution >= 0.6 is 24.7 Å². The third-order valence-corrected chi connectivity index (χ3v) is 2.72. The van der Waals surface area contributed by atoms with Crippen molar-refractivity contribution in [3.05, 3.63) is 0 Å². The zero-order valence-electron chi connectivity index (χ0n) is 8.06. The Bertz CT molecular complexity index is 239. The fourth-order valence-electron chi connectivity index (χ4n) is 0.637. The Kier molecular flexibility index (Phi) is 6.00. The van der Waals surface area contributed by atoms with Gasteiger partial charge in [0.25, 0.3) is 0 Å². The van der Waals surface area contributed by atoms with Crippen LogP contribution in [0.3, 0.4) is 0 Å². The number of carboxylic acids is 1. The van der Waals surface area contributed by atoms with E-state index < -0.39 is 10.7 Å². The summed E-state index contributed by atoms with van der Waals surface area (Å²) in [6, 6.07) is 2.03. The molecule has 0 radical (unpaired) electrons. The van der Waals surface area contributed by atoms with Gasteiger partial charge >= 0.3 is 5.97 Å². The highest BCUT2D eigenvalue weighted by Gasteiger charge is 2.27. The lowest BCUT2D eigenvalue weighted by Crippen LogP contribution is -2.20. The van der Waals surface area contributed by atoms with Crippen molar-refractivity contribution >= 4 is 30.6 Å². The zero-order chi connectivity index (χ0) is 11.2. The average molecular weight is 235 g/mol. The SMILES string of the molecule is CC(S)OSC(C)(C#N)CCC(=O)O. The molecule has 0 saturated heterocycles. The zero-order valence-corrected chi connectivity index (χ0v) is 9.77. The van der Waals surface area contributed by atoms with Gasteiger partial charge < -0.3 is 9.29 Å². The van der Waals surface area contributed by atoms with Crippen LogP contribution in [0, 0.1) is 11.3 Å². The van der Waals surface area contributed by atoms with Gasteiger partial charge in [0.05, 0.1) is 6.07 Å². The molecule has 0 amide bonds. The summed E-state index contributed by atoms with van der Waals surface area (Å²) in [6.07, 6.45) is 0.214. The van der Waals surface area contributed by atoms with Crippen molar-refractivity contribution in [3.63, 3.8) is 0 Å². The van der Waals surface area contributed by atoms with E-state index in [1.807, 2.05) is 6.07 Å². The highest BCUT2D eigenvalue weighted by molar-refractivity contribution is 7.96. The molecular formula is C8H13NO3S2. The predicted molar refractivity (Wildman–Crippen MR) is 58.0 cm³/mol. The standard InChI is InChI=1S/C8H13NO3S2/c1-6(13)12-14-8(2,5-9)4-3-7(10)11/h6,13H,3-4H2,1-2H3,(H,10,11). The summed E-state index contributed by atoms with van der Waals surface area (Å²) < 4.78 is 4.27. The molecule has 0 saturated carbocycles. The fraction of sp³-hybridized carbons (Fsp3) is 0.750. The van der Waals surface area contributed by atoms with Crippen LogP contribution in [-0.4, -0.2) is 21.3 Å². The van der Waals surface area contributed by atoms with Gasteiger partial charge in [-0.1, -0.05) is 0 Å². The van der Waals surface area contributed by atoms with E-state index in [-0.39, 0.29) is 18.3 Å². The fourth-order valence-corrected chi connectivity index (χ4v) is 1.34. The number of nitrogens with zero attached hydrogens (tertiary/aromatic N) is 1. The number of thiol groups is 1. The van der Waals surface area contributed by atoms with Gasteiger partial charge in [-0.2, -0.15) is 5.26 Å². The number of hydrogen-bond donors (Lipinski definition) is 2. The Balaban J connectivity index is 4.06. The number of carbonyl (C=O) groups is 1. The van der Waals surface area contributed by atoms with Crippen molar-refractivity contribution in [2.24, 2.45) is 0 Å². The van der Waals surface area contributed by atoms with Crippen molar-refractivity contribution in [2.75, 3.05) is 0 Å². The molecule has 0 heterocycles. The summed E-state index contributed by atoms with van der Waals surface area (Å²) in [6.45, 7) is 3.38. The van der Waals surface area contributed by atoms with Crippen LogP contribution < -0.4 is 0 Å². The van der Waals surface area contributed by atoms with E-state index in [0.717, 1.165) is 12.0 Å². The molecule has 4 nitrogen and oxygen atoms in total. The molecule has 0 aromatic rings. The Morgan fingerprint density at radius 1 is 1.86 bits per heavy atom. The topological polar surface area (TPSA) is 70.3 Å². The second-order valence-electron chi connectivity index (χ2n) is 3.02. The Hall–Kier alpha value is -0.380. The number of hydrogen-bond acceptors (Lipinski definition) is 5. The first kappa shape index (κ1) is 13.6. The minimum atomic E-state index is -0.911. The Morgan fingerprint density at radius 2 is 2.43 bits per heavy atom. The third-order valence-electron chi connectivity index (χ3n) is 1.42.